The first kappa shape index (κ1) is 23.7. The van der Waals surface area contributed by atoms with Crippen molar-refractivity contribution in [1.29, 1.82) is 0 Å². The minimum absolute atomic E-state index is 0.00585. The third-order valence-electron chi connectivity index (χ3n) is 5.91. The van der Waals surface area contributed by atoms with Gasteiger partial charge in [-0.1, -0.05) is 57.4 Å². The molecular weight excluding hydrogens is 559 g/mol. The van der Waals surface area contributed by atoms with Gasteiger partial charge in [-0.2, -0.15) is 0 Å². The van der Waals surface area contributed by atoms with Gasteiger partial charge in [-0.3, -0.25) is 9.52 Å². The lowest BCUT2D eigenvalue weighted by molar-refractivity contribution is 0.0479. The number of aliphatic hydroxyl groups is 1. The van der Waals surface area contributed by atoms with Crippen molar-refractivity contribution < 1.29 is 22.7 Å². The number of fused-ring (bicyclic) bond motifs is 3. The topological polar surface area (TPSA) is 95.5 Å². The molecule has 0 spiro atoms. The maximum Gasteiger partial charge on any atom is 0.261 e. The largest absolute Gasteiger partial charge is 0.363 e. The second-order valence-electron chi connectivity index (χ2n) is 8.22. The average Bonchev–Trinajstić information content (AvgIpc) is 3.08. The number of aryl methyl sites for hydroxylation is 1. The molecule has 0 aliphatic carbocycles. The summed E-state index contributed by atoms with van der Waals surface area (Å²) in [5.74, 6) is -1.35. The fourth-order valence-corrected chi connectivity index (χ4v) is 6.06. The van der Waals surface area contributed by atoms with Crippen LogP contribution in [-0.4, -0.2) is 19.4 Å². The lowest BCUT2D eigenvalue weighted by Crippen LogP contribution is -2.41. The molecule has 10 heteroatoms. The summed E-state index contributed by atoms with van der Waals surface area (Å²) >= 11 is 9.74. The second-order valence-corrected chi connectivity index (χ2v) is 11.2. The molecule has 35 heavy (non-hydrogen) atoms. The van der Waals surface area contributed by atoms with E-state index in [0.29, 0.717) is 15.2 Å². The molecule has 1 heterocycles. The number of rotatable bonds is 4. The number of carbonyl (C=O) groups excluding carboxylic acids is 1. The number of amides is 1. The fourth-order valence-electron chi connectivity index (χ4n) is 4.27. The zero-order valence-electron chi connectivity index (χ0n) is 18.1. The molecule has 0 aromatic heterocycles. The first-order valence-electron chi connectivity index (χ1n) is 10.4. The van der Waals surface area contributed by atoms with Gasteiger partial charge >= 0.3 is 0 Å². The summed E-state index contributed by atoms with van der Waals surface area (Å²) in [6.45, 7) is 1.83. The van der Waals surface area contributed by atoms with Gasteiger partial charge in [-0.25, -0.2) is 12.8 Å². The summed E-state index contributed by atoms with van der Waals surface area (Å²) in [6, 6.07) is 16.2. The van der Waals surface area contributed by atoms with E-state index in [9.17, 15) is 22.7 Å². The Morgan fingerprint density at radius 2 is 1.77 bits per heavy atom. The molecule has 1 aliphatic rings. The molecule has 1 amide bonds. The van der Waals surface area contributed by atoms with Crippen LogP contribution in [0.15, 0.2) is 76.1 Å². The molecule has 3 N–H and O–H groups in total. The van der Waals surface area contributed by atoms with E-state index in [0.717, 1.165) is 17.7 Å². The standard InChI is InChI=1S/C25H17BrClFN2O4S/c1-13-5-8-15(9-6-13)35(33,34)30-21-12-17-16(3-2-4-19(17)26)22-23(21)25(32,29-24(22)31)18-11-14(28)7-10-20(18)27/h2-12,30,32H,1H3,(H,29,31). The highest BCUT2D eigenvalue weighted by atomic mass is 79.9. The summed E-state index contributed by atoms with van der Waals surface area (Å²) in [7, 11) is -4.12. The normalized spacial score (nSPS) is 17.3. The van der Waals surface area contributed by atoms with Crippen molar-refractivity contribution in [2.75, 3.05) is 4.72 Å². The summed E-state index contributed by atoms with van der Waals surface area (Å²) in [4.78, 5) is 13.2. The van der Waals surface area contributed by atoms with Crippen LogP contribution in [0.1, 0.15) is 27.0 Å². The van der Waals surface area contributed by atoms with Crippen LogP contribution in [0.25, 0.3) is 10.8 Å². The molecular formula is C25H17BrClFN2O4S. The fraction of sp³-hybridized carbons (Fsp3) is 0.0800. The number of anilines is 1. The van der Waals surface area contributed by atoms with Crippen LogP contribution >= 0.6 is 27.5 Å². The van der Waals surface area contributed by atoms with Gasteiger partial charge in [0.05, 0.1) is 16.1 Å². The molecule has 1 atom stereocenters. The highest BCUT2D eigenvalue weighted by molar-refractivity contribution is 9.10. The highest BCUT2D eigenvalue weighted by Gasteiger charge is 2.47. The molecule has 0 bridgehead atoms. The minimum atomic E-state index is -4.12. The Balaban J connectivity index is 1.82. The first-order valence-corrected chi connectivity index (χ1v) is 13.0. The zero-order valence-corrected chi connectivity index (χ0v) is 21.2. The number of benzene rings is 4. The first-order chi connectivity index (χ1) is 16.5. The van der Waals surface area contributed by atoms with E-state index in [1.165, 1.54) is 24.3 Å². The van der Waals surface area contributed by atoms with Crippen molar-refractivity contribution in [2.24, 2.45) is 0 Å². The minimum Gasteiger partial charge on any atom is -0.363 e. The Hall–Kier alpha value is -2.98. The van der Waals surface area contributed by atoms with Crippen LogP contribution in [0.5, 0.6) is 0 Å². The molecule has 4 aromatic rings. The molecule has 0 fully saturated rings. The quantitative estimate of drug-likeness (QED) is 0.302. The lowest BCUT2D eigenvalue weighted by atomic mass is 9.90. The van der Waals surface area contributed by atoms with E-state index in [-0.39, 0.29) is 32.3 Å². The van der Waals surface area contributed by atoms with Crippen LogP contribution in [0.2, 0.25) is 5.02 Å². The molecule has 178 valence electrons. The van der Waals surface area contributed by atoms with Crippen LogP contribution in [0, 0.1) is 12.7 Å². The van der Waals surface area contributed by atoms with Crippen LogP contribution in [0.4, 0.5) is 10.1 Å². The van der Waals surface area contributed by atoms with Gasteiger partial charge in [0, 0.05) is 20.6 Å². The van der Waals surface area contributed by atoms with Gasteiger partial charge in [-0.05, 0) is 60.2 Å². The summed E-state index contributed by atoms with van der Waals surface area (Å²) in [6.07, 6.45) is 0. The van der Waals surface area contributed by atoms with E-state index < -0.39 is 27.5 Å². The third-order valence-corrected chi connectivity index (χ3v) is 8.31. The SMILES string of the molecule is Cc1ccc(S(=O)(=O)Nc2cc3c(Br)cccc3c3c2C(O)(c2cc(F)ccc2Cl)NC3=O)cc1. The summed E-state index contributed by atoms with van der Waals surface area (Å²) in [5, 5.41) is 15.3. The Kier molecular flexibility index (Phi) is 5.63. The van der Waals surface area contributed by atoms with Crippen LogP contribution in [-0.2, 0) is 15.7 Å². The van der Waals surface area contributed by atoms with Gasteiger partial charge in [0.25, 0.3) is 15.9 Å². The van der Waals surface area contributed by atoms with Crippen LogP contribution < -0.4 is 10.0 Å². The number of carbonyl (C=O) groups is 1. The lowest BCUT2D eigenvalue weighted by Gasteiger charge is -2.28. The maximum absolute atomic E-state index is 14.2. The van der Waals surface area contributed by atoms with E-state index in [1.54, 1.807) is 30.3 Å². The van der Waals surface area contributed by atoms with E-state index in [1.807, 2.05) is 6.92 Å². The molecule has 4 aromatic carbocycles. The van der Waals surface area contributed by atoms with Gasteiger partial charge in [0.1, 0.15) is 5.82 Å². The number of hydrogen-bond donors (Lipinski definition) is 3. The van der Waals surface area contributed by atoms with Gasteiger partial charge in [-0.15, -0.1) is 0 Å². The molecule has 0 saturated heterocycles. The number of nitrogens with one attached hydrogen (secondary N) is 2. The molecule has 5 rings (SSSR count). The Labute approximate surface area is 213 Å². The highest BCUT2D eigenvalue weighted by Crippen LogP contribution is 2.46. The Bertz CT molecular complexity index is 1640. The zero-order chi connectivity index (χ0) is 25.1. The summed E-state index contributed by atoms with van der Waals surface area (Å²) < 4.78 is 43.9. The van der Waals surface area contributed by atoms with E-state index in [4.69, 9.17) is 11.6 Å². The van der Waals surface area contributed by atoms with Crippen molar-refractivity contribution in [2.45, 2.75) is 17.5 Å². The van der Waals surface area contributed by atoms with Crippen molar-refractivity contribution in [3.05, 3.63) is 104 Å². The third kappa shape index (κ3) is 3.88. The van der Waals surface area contributed by atoms with Gasteiger partial charge in [0.2, 0.25) is 0 Å². The number of hydrogen-bond acceptors (Lipinski definition) is 4. The molecule has 6 nitrogen and oxygen atoms in total. The molecule has 0 radical (unpaired) electrons. The van der Waals surface area contributed by atoms with Gasteiger partial charge < -0.3 is 10.4 Å². The van der Waals surface area contributed by atoms with Crippen molar-refractivity contribution in [3.8, 4) is 0 Å². The Morgan fingerprint density at radius 3 is 2.49 bits per heavy atom. The van der Waals surface area contributed by atoms with Crippen molar-refractivity contribution >= 4 is 59.9 Å². The van der Waals surface area contributed by atoms with E-state index >= 15 is 0 Å². The van der Waals surface area contributed by atoms with Gasteiger partial charge in [0.15, 0.2) is 5.72 Å². The van der Waals surface area contributed by atoms with Crippen LogP contribution in [0.3, 0.4) is 0 Å². The predicted molar refractivity (Wildman–Crippen MR) is 136 cm³/mol. The monoisotopic (exact) mass is 574 g/mol. The predicted octanol–water partition coefficient (Wildman–Crippen LogP) is 5.44. The smallest absolute Gasteiger partial charge is 0.261 e. The van der Waals surface area contributed by atoms with Crippen molar-refractivity contribution in [1.82, 2.24) is 5.32 Å². The molecule has 0 saturated carbocycles. The molecule has 1 unspecified atom stereocenters. The van der Waals surface area contributed by atoms with E-state index in [2.05, 4.69) is 26.0 Å². The number of sulfonamides is 1. The summed E-state index contributed by atoms with van der Waals surface area (Å²) in [5.41, 5.74) is -1.63. The number of halogens is 3. The second kappa shape index (κ2) is 8.30. The maximum atomic E-state index is 14.2. The Morgan fingerprint density at radius 1 is 1.06 bits per heavy atom. The van der Waals surface area contributed by atoms with Crippen molar-refractivity contribution in [3.63, 3.8) is 0 Å². The molecule has 1 aliphatic heterocycles. The average molecular weight is 576 g/mol.